The molecule has 0 aliphatic carbocycles. The number of thiophene rings is 1. The van der Waals surface area contributed by atoms with Gasteiger partial charge in [0.15, 0.2) is 0 Å². The van der Waals surface area contributed by atoms with Crippen molar-refractivity contribution in [2.24, 2.45) is 11.8 Å². The number of rotatable bonds is 6. The Morgan fingerprint density at radius 1 is 1.15 bits per heavy atom. The smallest absolute Gasteiger partial charge is 0.478 e. The van der Waals surface area contributed by atoms with E-state index in [0.717, 1.165) is 32.7 Å². The number of carbonyl (C=O) groups is 2. The van der Waals surface area contributed by atoms with Gasteiger partial charge in [-0.2, -0.15) is 31.6 Å². The normalized spacial score (nSPS) is 20.3. The number of likely N-dealkylation sites (tertiary alicyclic amines) is 1. The minimum absolute atomic E-state index is 0.369. The van der Waals surface area contributed by atoms with E-state index in [1.807, 2.05) is 11.3 Å². The second-order valence-electron chi connectivity index (χ2n) is 8.76. The molecular weight excluding hydrogens is 572 g/mol. The summed E-state index contributed by atoms with van der Waals surface area (Å²) in [6.07, 6.45) is -7.27. The number of ether oxygens (including phenoxy) is 2. The van der Waals surface area contributed by atoms with Crippen LogP contribution in [0.3, 0.4) is 0 Å². The number of aromatic nitrogens is 1. The van der Waals surface area contributed by atoms with E-state index in [1.165, 1.54) is 10.4 Å². The fourth-order valence-corrected chi connectivity index (χ4v) is 4.87. The number of nitriles is 1. The molecule has 2 saturated heterocycles. The first-order chi connectivity index (χ1) is 18.6. The van der Waals surface area contributed by atoms with Crippen LogP contribution in [0.15, 0.2) is 29.8 Å². The van der Waals surface area contributed by atoms with Crippen LogP contribution < -0.4 is 4.74 Å². The Bertz CT molecular complexity index is 1140. The van der Waals surface area contributed by atoms with Crippen LogP contribution in [-0.2, 0) is 20.9 Å². The van der Waals surface area contributed by atoms with E-state index in [-0.39, 0.29) is 0 Å². The minimum Gasteiger partial charge on any atom is -0.478 e. The molecule has 4 heterocycles. The van der Waals surface area contributed by atoms with Gasteiger partial charge in [0.25, 0.3) is 0 Å². The topological polar surface area (TPSA) is 133 Å². The van der Waals surface area contributed by atoms with Crippen LogP contribution in [0, 0.1) is 30.1 Å². The van der Waals surface area contributed by atoms with Crippen molar-refractivity contribution in [3.05, 3.63) is 45.8 Å². The van der Waals surface area contributed by atoms with Crippen molar-refractivity contribution in [2.75, 3.05) is 26.3 Å². The molecule has 9 nitrogen and oxygen atoms in total. The first-order valence-electron chi connectivity index (χ1n) is 11.6. The Labute approximate surface area is 228 Å². The Morgan fingerprint density at radius 3 is 2.25 bits per heavy atom. The highest BCUT2D eigenvalue weighted by atomic mass is 32.1. The van der Waals surface area contributed by atoms with Gasteiger partial charge in [0, 0.05) is 42.7 Å². The molecular formula is C24H25F6N3O6S. The van der Waals surface area contributed by atoms with E-state index in [0.29, 0.717) is 36.0 Å². The van der Waals surface area contributed by atoms with Gasteiger partial charge in [-0.3, -0.25) is 4.90 Å². The number of hydrogen-bond donors (Lipinski definition) is 2. The van der Waals surface area contributed by atoms with Crippen molar-refractivity contribution < 1.29 is 55.6 Å². The van der Waals surface area contributed by atoms with Crippen LogP contribution in [0.5, 0.6) is 5.88 Å². The second-order valence-corrected chi connectivity index (χ2v) is 9.76. The molecule has 0 aromatic carbocycles. The first-order valence-corrected chi connectivity index (χ1v) is 12.5. The molecule has 0 amide bonds. The van der Waals surface area contributed by atoms with Crippen LogP contribution in [0.2, 0.25) is 0 Å². The summed E-state index contributed by atoms with van der Waals surface area (Å²) >= 11 is 1.85. The predicted molar refractivity (Wildman–Crippen MR) is 127 cm³/mol. The lowest BCUT2D eigenvalue weighted by Crippen LogP contribution is -2.24. The third-order valence-electron chi connectivity index (χ3n) is 5.94. The molecule has 2 fully saturated rings. The number of aliphatic carboxylic acids is 2. The van der Waals surface area contributed by atoms with Gasteiger partial charge in [0.05, 0.1) is 24.9 Å². The first kappa shape index (κ1) is 32.8. The van der Waals surface area contributed by atoms with Gasteiger partial charge in [-0.15, -0.1) is 11.3 Å². The fourth-order valence-electron chi connectivity index (χ4n) is 3.92. The summed E-state index contributed by atoms with van der Waals surface area (Å²) in [5.41, 5.74) is 1.95. The van der Waals surface area contributed by atoms with E-state index >= 15 is 0 Å². The maximum Gasteiger partial charge on any atom is 0.490 e. The van der Waals surface area contributed by atoms with Gasteiger partial charge < -0.3 is 19.7 Å². The molecule has 40 heavy (non-hydrogen) atoms. The summed E-state index contributed by atoms with van der Waals surface area (Å²) in [5.74, 6) is -3.78. The van der Waals surface area contributed by atoms with E-state index in [9.17, 15) is 26.3 Å². The Morgan fingerprint density at radius 2 is 1.77 bits per heavy atom. The second kappa shape index (κ2) is 14.3. The number of halogens is 6. The van der Waals surface area contributed by atoms with Crippen molar-refractivity contribution in [3.8, 4) is 11.9 Å². The molecule has 16 heteroatoms. The van der Waals surface area contributed by atoms with Crippen LogP contribution in [0.4, 0.5) is 26.3 Å². The van der Waals surface area contributed by atoms with Crippen LogP contribution in [0.1, 0.15) is 22.4 Å². The molecule has 0 radical (unpaired) electrons. The zero-order valence-corrected chi connectivity index (χ0v) is 21.7. The van der Waals surface area contributed by atoms with E-state index in [4.69, 9.17) is 34.5 Å². The molecule has 0 bridgehead atoms. The van der Waals surface area contributed by atoms with Gasteiger partial charge in [-0.1, -0.05) is 0 Å². The van der Waals surface area contributed by atoms with Gasteiger partial charge in [-0.25, -0.2) is 14.6 Å². The molecule has 2 aromatic rings. The maximum absolute atomic E-state index is 10.6. The highest BCUT2D eigenvalue weighted by Gasteiger charge is 2.43. The molecule has 0 saturated carbocycles. The lowest BCUT2D eigenvalue weighted by atomic mass is 9.91. The average molecular weight is 598 g/mol. The molecule has 2 N–H and O–H groups in total. The number of fused-ring (bicyclic) bond motifs is 1. The lowest BCUT2D eigenvalue weighted by Gasteiger charge is -2.19. The standard InChI is InChI=1S/C20H23N3O2S.2C2HF3O2/c1-14-5-7-26-19(14)12-23-10-17-16(13-25-18(17)11-23)4-6-24-20-3-2-15(8-21)9-22-20;2*3-2(4,5)1(6)7/h2-3,5,7,9,16-18H,4,6,10-13H2,1H3;2*(H,6,7)/t16-,17-,18-;;/m0../s1. The zero-order chi connectivity index (χ0) is 30.1. The Balaban J connectivity index is 0.000000333. The molecule has 220 valence electrons. The zero-order valence-electron chi connectivity index (χ0n) is 20.9. The van der Waals surface area contributed by atoms with Gasteiger partial charge in [0.1, 0.15) is 6.07 Å². The third-order valence-corrected chi connectivity index (χ3v) is 6.95. The largest absolute Gasteiger partial charge is 0.490 e. The maximum atomic E-state index is 10.6. The summed E-state index contributed by atoms with van der Waals surface area (Å²) in [6.45, 7) is 6.86. The summed E-state index contributed by atoms with van der Waals surface area (Å²) < 4.78 is 75.3. The quantitative estimate of drug-likeness (QED) is 0.462. The van der Waals surface area contributed by atoms with Crippen molar-refractivity contribution >= 4 is 23.3 Å². The molecule has 2 aliphatic rings. The average Bonchev–Trinajstić information content (AvgIpc) is 3.56. The molecule has 2 aliphatic heterocycles. The van der Waals surface area contributed by atoms with E-state index < -0.39 is 24.3 Å². The summed E-state index contributed by atoms with van der Waals surface area (Å²) in [4.78, 5) is 26.0. The van der Waals surface area contributed by atoms with Crippen molar-refractivity contribution in [1.82, 2.24) is 9.88 Å². The van der Waals surface area contributed by atoms with Crippen LogP contribution in [-0.4, -0.2) is 76.8 Å². The molecule has 3 atom stereocenters. The molecule has 0 unspecified atom stereocenters. The molecule has 0 spiro atoms. The SMILES string of the molecule is Cc1ccsc1CN1C[C@H]2[C@@H](CCOc3ccc(C#N)cn3)CO[C@H]2C1.O=C(O)C(F)(F)F.O=C(O)C(F)(F)F. The molecule has 4 rings (SSSR count). The summed E-state index contributed by atoms with van der Waals surface area (Å²) in [6, 6.07) is 7.76. The number of nitrogens with zero attached hydrogens (tertiary/aromatic N) is 3. The Hall–Kier alpha value is -3.42. The van der Waals surface area contributed by atoms with E-state index in [2.05, 4.69) is 34.3 Å². The van der Waals surface area contributed by atoms with Crippen LogP contribution >= 0.6 is 11.3 Å². The highest BCUT2D eigenvalue weighted by molar-refractivity contribution is 7.10. The van der Waals surface area contributed by atoms with E-state index in [1.54, 1.807) is 18.3 Å². The van der Waals surface area contributed by atoms with Gasteiger partial charge in [-0.05, 0) is 42.3 Å². The lowest BCUT2D eigenvalue weighted by molar-refractivity contribution is -0.193. The van der Waals surface area contributed by atoms with Crippen molar-refractivity contribution in [2.45, 2.75) is 38.3 Å². The van der Waals surface area contributed by atoms with Crippen molar-refractivity contribution in [1.29, 1.82) is 5.26 Å². The number of alkyl halides is 6. The summed E-state index contributed by atoms with van der Waals surface area (Å²) in [5, 5.41) is 25.2. The summed E-state index contributed by atoms with van der Waals surface area (Å²) in [7, 11) is 0. The number of pyridine rings is 1. The Kier molecular flexibility index (Phi) is 11.7. The number of carboxylic acid groups (broad SMARTS) is 2. The fraction of sp³-hybridized carbons (Fsp3) is 0.500. The van der Waals surface area contributed by atoms with Crippen molar-refractivity contribution in [3.63, 3.8) is 0 Å². The number of hydrogen-bond acceptors (Lipinski definition) is 8. The number of aryl methyl sites for hydroxylation is 1. The van der Waals surface area contributed by atoms with Crippen LogP contribution in [0.25, 0.3) is 0 Å². The monoisotopic (exact) mass is 597 g/mol. The molecule has 2 aromatic heterocycles. The highest BCUT2D eigenvalue weighted by Crippen LogP contribution is 2.36. The number of carboxylic acids is 2. The van der Waals surface area contributed by atoms with Gasteiger partial charge in [0.2, 0.25) is 5.88 Å². The minimum atomic E-state index is -5.08. The van der Waals surface area contributed by atoms with Gasteiger partial charge >= 0.3 is 24.3 Å². The third kappa shape index (κ3) is 10.3. The predicted octanol–water partition coefficient (Wildman–Crippen LogP) is 4.51.